The summed E-state index contributed by atoms with van der Waals surface area (Å²) in [6.45, 7) is 19.3. The van der Waals surface area contributed by atoms with Crippen LogP contribution in [0.3, 0.4) is 0 Å². The van der Waals surface area contributed by atoms with E-state index in [1.54, 1.807) is 25.7 Å². The van der Waals surface area contributed by atoms with Crippen molar-refractivity contribution in [1.29, 1.82) is 0 Å². The van der Waals surface area contributed by atoms with Crippen LogP contribution in [-0.2, 0) is 35.3 Å². The number of hydrogen-bond acceptors (Lipinski definition) is 11. The monoisotopic (exact) mass is 839 g/mol. The Morgan fingerprint density at radius 1 is 0.900 bits per heavy atom. The Kier molecular flexibility index (Phi) is 19.6. The summed E-state index contributed by atoms with van der Waals surface area (Å²) < 4.78 is 10.9. The molecule has 2 aliphatic heterocycles. The maximum Gasteiger partial charge on any atom is 0.407 e. The lowest BCUT2D eigenvalue weighted by Crippen LogP contribution is -2.63. The molecule has 16 nitrogen and oxygen atoms in total. The molecule has 2 fully saturated rings. The van der Waals surface area contributed by atoms with Gasteiger partial charge < -0.3 is 40.4 Å². The number of rotatable bonds is 20. The van der Waals surface area contributed by atoms with Gasteiger partial charge in [0.05, 0.1) is 24.7 Å². The lowest BCUT2D eigenvalue weighted by Gasteiger charge is -2.40. The van der Waals surface area contributed by atoms with E-state index in [4.69, 9.17) is 19.5 Å². The van der Waals surface area contributed by atoms with Gasteiger partial charge in [-0.3, -0.25) is 29.3 Å². The molecule has 0 bridgehead atoms. The highest BCUT2D eigenvalue weighted by atomic mass is 16.6. The second-order valence-electron chi connectivity index (χ2n) is 17.7. The largest absolute Gasteiger partial charge is 0.445 e. The van der Waals surface area contributed by atoms with Crippen LogP contribution in [0.15, 0.2) is 40.3 Å². The van der Waals surface area contributed by atoms with E-state index >= 15 is 0 Å². The van der Waals surface area contributed by atoms with Crippen molar-refractivity contribution in [1.82, 2.24) is 31.1 Å². The molecule has 0 radical (unpaired) electrons. The molecule has 1 aromatic rings. The predicted octanol–water partition coefficient (Wildman–Crippen LogP) is 5.14. The molecule has 4 N–H and O–H groups in total. The Morgan fingerprint density at radius 2 is 1.55 bits per heavy atom. The number of unbranched alkanes of at least 4 members (excludes halogenated alkanes) is 1. The number of ketones is 1. The fourth-order valence-corrected chi connectivity index (χ4v) is 6.91. The van der Waals surface area contributed by atoms with E-state index in [0.717, 1.165) is 5.56 Å². The number of amidine groups is 2. The van der Waals surface area contributed by atoms with Gasteiger partial charge in [-0.15, -0.1) is 0 Å². The molecule has 1 aromatic carbocycles. The fraction of sp³-hybridized carbons (Fsp3) is 0.682. The Balaban J connectivity index is 1.91. The summed E-state index contributed by atoms with van der Waals surface area (Å²) >= 11 is 0. The number of ether oxygens (including phenoxy) is 2. The molecule has 0 spiro atoms. The van der Waals surface area contributed by atoms with Gasteiger partial charge in [-0.1, -0.05) is 65.0 Å². The van der Waals surface area contributed by atoms with Crippen molar-refractivity contribution in [2.75, 3.05) is 26.2 Å². The van der Waals surface area contributed by atoms with Gasteiger partial charge in [0.1, 0.15) is 42.2 Å². The molecule has 2 aliphatic rings. The maximum absolute atomic E-state index is 14.5. The van der Waals surface area contributed by atoms with Crippen molar-refractivity contribution in [2.24, 2.45) is 21.8 Å². The van der Waals surface area contributed by atoms with E-state index < -0.39 is 42.0 Å². The number of hydrogen-bond donors (Lipinski definition) is 4. The number of amides is 5. The van der Waals surface area contributed by atoms with Crippen LogP contribution in [0, 0.1) is 11.8 Å². The molecule has 334 valence electrons. The van der Waals surface area contributed by atoms with Crippen molar-refractivity contribution in [2.45, 2.75) is 157 Å². The summed E-state index contributed by atoms with van der Waals surface area (Å²) in [4.78, 5) is 92.0. The zero-order chi connectivity index (χ0) is 44.6. The summed E-state index contributed by atoms with van der Waals surface area (Å²) in [6, 6.07) is 6.73. The number of carbonyl (C=O) groups is 6. The smallest absolute Gasteiger partial charge is 0.407 e. The van der Waals surface area contributed by atoms with Gasteiger partial charge in [0.25, 0.3) is 0 Å². The van der Waals surface area contributed by atoms with Crippen LogP contribution in [0.25, 0.3) is 0 Å². The summed E-state index contributed by atoms with van der Waals surface area (Å²) in [5.41, 5.74) is 0.195. The van der Waals surface area contributed by atoms with Crippen LogP contribution in [0.1, 0.15) is 120 Å². The van der Waals surface area contributed by atoms with E-state index in [1.165, 1.54) is 6.92 Å². The summed E-state index contributed by atoms with van der Waals surface area (Å²) in [6.07, 6.45) is 1.88. The third-order valence-electron chi connectivity index (χ3n) is 10.3. The first-order valence-corrected chi connectivity index (χ1v) is 21.5. The SMILES string of the molecule is CC[C@H](N=C1NC(=O)CN(C[C@H](CCCCNC(=O)OC(C)(C)C)NC(=O)OCc2ccccc2)[C@H]1CCC(C)=O)C(=O)N1CC(=O)NC(=N[C@H](C)C(C)C)[C@@H]1CC(C)C. The summed E-state index contributed by atoms with van der Waals surface area (Å²) in [7, 11) is 0. The van der Waals surface area contributed by atoms with E-state index in [1.807, 2.05) is 49.1 Å². The lowest BCUT2D eigenvalue weighted by atomic mass is 9.97. The van der Waals surface area contributed by atoms with Crippen LogP contribution in [0.5, 0.6) is 0 Å². The molecule has 0 aromatic heterocycles. The number of carbonyl (C=O) groups excluding carboxylic acids is 6. The van der Waals surface area contributed by atoms with Crippen LogP contribution in [0.2, 0.25) is 0 Å². The number of nitrogens with zero attached hydrogens (tertiary/aromatic N) is 4. The van der Waals surface area contributed by atoms with Crippen LogP contribution in [-0.4, -0.2) is 119 Å². The minimum Gasteiger partial charge on any atom is -0.445 e. The first-order chi connectivity index (χ1) is 28.3. The van der Waals surface area contributed by atoms with Gasteiger partial charge >= 0.3 is 12.2 Å². The standard InChI is InChI=1S/C44H70N8O8/c1-11-34(41(56)52-26-38(55)50-40(36(52)23-28(2)3)46-31(7)29(4)5)48-39-35(21-20-30(6)53)51(25-37(54)49-39)24-33(19-15-16-22-45-42(57)60-44(8,9)10)47-43(58)59-27-32-17-13-12-14-18-32/h12-14,17-18,28-29,31,33-36H,11,15-16,19-27H2,1-10H3,(H,45,57)(H,47,58)(H,46,50,55)(H,48,49,54)/t31-,33+,34+,35+,36+/m1/s1. The zero-order valence-electron chi connectivity index (χ0n) is 37.5. The summed E-state index contributed by atoms with van der Waals surface area (Å²) in [5, 5.41) is 11.6. The van der Waals surface area contributed by atoms with Gasteiger partial charge in [-0.05, 0) is 90.5 Å². The van der Waals surface area contributed by atoms with Crippen molar-refractivity contribution in [3.05, 3.63) is 35.9 Å². The predicted molar refractivity (Wildman–Crippen MR) is 231 cm³/mol. The number of alkyl carbamates (subject to hydrolysis) is 2. The van der Waals surface area contributed by atoms with Crippen molar-refractivity contribution < 1.29 is 38.2 Å². The molecule has 0 unspecified atom stereocenters. The van der Waals surface area contributed by atoms with Gasteiger partial charge in [0, 0.05) is 25.6 Å². The first kappa shape index (κ1) is 49.5. The van der Waals surface area contributed by atoms with Crippen LogP contribution >= 0.6 is 0 Å². The highest BCUT2D eigenvalue weighted by Gasteiger charge is 2.40. The fourth-order valence-electron chi connectivity index (χ4n) is 6.91. The maximum atomic E-state index is 14.5. The Bertz CT molecular complexity index is 1670. The number of nitrogens with one attached hydrogen (secondary N) is 4. The Morgan fingerprint density at radius 3 is 2.15 bits per heavy atom. The number of piperazine rings is 2. The minimum absolute atomic E-state index is 0.0413. The van der Waals surface area contributed by atoms with Crippen LogP contribution in [0.4, 0.5) is 9.59 Å². The summed E-state index contributed by atoms with van der Waals surface area (Å²) in [5.74, 6) is 0.0334. The van der Waals surface area contributed by atoms with E-state index in [0.29, 0.717) is 44.5 Å². The lowest BCUT2D eigenvalue weighted by molar-refractivity contribution is -0.139. The van der Waals surface area contributed by atoms with E-state index in [9.17, 15) is 28.8 Å². The topological polar surface area (TPSA) is 200 Å². The quantitative estimate of drug-likeness (QED) is 0.128. The molecule has 3 rings (SSSR count). The second-order valence-corrected chi connectivity index (χ2v) is 17.7. The van der Waals surface area contributed by atoms with Crippen molar-refractivity contribution in [3.8, 4) is 0 Å². The number of aliphatic imine (C=N–C) groups is 2. The Hall–Kier alpha value is -4.86. The highest BCUT2D eigenvalue weighted by molar-refractivity contribution is 6.08. The average molecular weight is 839 g/mol. The molecule has 0 saturated carbocycles. The molecule has 2 heterocycles. The number of Topliss-reactive ketones (excluding diaryl/α,β-unsaturated/α-hetero) is 1. The molecule has 60 heavy (non-hydrogen) atoms. The highest BCUT2D eigenvalue weighted by Crippen LogP contribution is 2.22. The van der Waals surface area contributed by atoms with E-state index in [2.05, 4.69) is 49.0 Å². The molecule has 0 aliphatic carbocycles. The average Bonchev–Trinajstić information content (AvgIpc) is 3.15. The zero-order valence-corrected chi connectivity index (χ0v) is 37.5. The molecule has 5 atom stereocenters. The van der Waals surface area contributed by atoms with Crippen molar-refractivity contribution in [3.63, 3.8) is 0 Å². The Labute approximate surface area is 356 Å². The third kappa shape index (κ3) is 17.0. The first-order valence-electron chi connectivity index (χ1n) is 21.5. The van der Waals surface area contributed by atoms with Gasteiger partial charge in [0.15, 0.2) is 0 Å². The second kappa shape index (κ2) is 23.8. The molecular formula is C44H70N8O8. The molecule has 2 saturated heterocycles. The molecule has 5 amide bonds. The van der Waals surface area contributed by atoms with Crippen molar-refractivity contribution >= 4 is 47.4 Å². The normalized spacial score (nSPS) is 20.4. The van der Waals surface area contributed by atoms with E-state index in [-0.39, 0.29) is 86.3 Å². The third-order valence-corrected chi connectivity index (χ3v) is 10.3. The molecule has 16 heteroatoms. The van der Waals surface area contributed by atoms with Crippen LogP contribution < -0.4 is 21.3 Å². The molecular weight excluding hydrogens is 769 g/mol. The minimum atomic E-state index is -0.941. The van der Waals surface area contributed by atoms with Gasteiger partial charge in [-0.25, -0.2) is 9.59 Å². The van der Waals surface area contributed by atoms with Gasteiger partial charge in [-0.2, -0.15) is 0 Å². The number of benzene rings is 1. The van der Waals surface area contributed by atoms with Gasteiger partial charge in [0.2, 0.25) is 17.7 Å².